The summed E-state index contributed by atoms with van der Waals surface area (Å²) >= 11 is 1.51. The maximum absolute atomic E-state index is 13.7. The second-order valence-corrected chi connectivity index (χ2v) is 9.90. The van der Waals surface area contributed by atoms with Gasteiger partial charge in [-0.1, -0.05) is 18.2 Å². The largest absolute Gasteiger partial charge is 0.352 e. The summed E-state index contributed by atoms with van der Waals surface area (Å²) in [5, 5.41) is 8.62. The molecule has 2 amide bonds. The van der Waals surface area contributed by atoms with E-state index >= 15 is 0 Å². The number of hydrogen-bond donors (Lipinski definition) is 3. The number of carbonyl (C=O) groups is 2. The molecule has 0 unspecified atom stereocenters. The van der Waals surface area contributed by atoms with Crippen molar-refractivity contribution in [3.05, 3.63) is 53.2 Å². The van der Waals surface area contributed by atoms with Crippen LogP contribution in [0.25, 0.3) is 32.3 Å². The number of nitrogens with one attached hydrogen (secondary N) is 3. The second-order valence-electron chi connectivity index (χ2n) is 8.98. The first-order valence-corrected chi connectivity index (χ1v) is 12.4. The van der Waals surface area contributed by atoms with Gasteiger partial charge in [0.1, 0.15) is 4.83 Å². The Labute approximate surface area is 208 Å². The van der Waals surface area contributed by atoms with Crippen molar-refractivity contribution in [2.24, 2.45) is 0 Å². The molecule has 0 atom stereocenters. The van der Waals surface area contributed by atoms with E-state index in [9.17, 15) is 18.4 Å². The monoisotopic (exact) mass is 508 g/mol. The van der Waals surface area contributed by atoms with Gasteiger partial charge in [-0.05, 0) is 37.4 Å². The Bertz CT molecular complexity index is 1550. The summed E-state index contributed by atoms with van der Waals surface area (Å²) in [5.74, 6) is -0.670. The highest BCUT2D eigenvalue weighted by atomic mass is 32.1. The number of anilines is 1. The van der Waals surface area contributed by atoms with E-state index in [4.69, 9.17) is 4.98 Å². The SMILES string of the molecule is CNC1(C(F)F)CCN(c2nc(C3=C(c4c[nH]c5sccc45)C(=O)NC3=O)c3ccccc3n2)CC1. The number of H-pyrrole nitrogens is 1. The van der Waals surface area contributed by atoms with Gasteiger partial charge in [-0.25, -0.2) is 18.7 Å². The molecule has 1 saturated heterocycles. The number of aromatic amines is 1. The smallest absolute Gasteiger partial charge is 0.261 e. The maximum Gasteiger partial charge on any atom is 0.261 e. The van der Waals surface area contributed by atoms with Gasteiger partial charge in [0, 0.05) is 35.6 Å². The molecule has 3 aromatic heterocycles. The molecule has 0 radical (unpaired) electrons. The van der Waals surface area contributed by atoms with Crippen molar-refractivity contribution in [1.29, 1.82) is 0 Å². The Kier molecular flexibility index (Phi) is 5.34. The number of fused-ring (bicyclic) bond motifs is 2. The molecule has 1 fully saturated rings. The Morgan fingerprint density at radius 3 is 2.56 bits per heavy atom. The minimum absolute atomic E-state index is 0.182. The highest BCUT2D eigenvalue weighted by Gasteiger charge is 2.42. The molecule has 0 spiro atoms. The molecule has 2 aliphatic heterocycles. The fourth-order valence-electron chi connectivity index (χ4n) is 5.07. The van der Waals surface area contributed by atoms with Crippen molar-refractivity contribution < 1.29 is 18.4 Å². The van der Waals surface area contributed by atoms with Crippen LogP contribution in [0.5, 0.6) is 0 Å². The van der Waals surface area contributed by atoms with Crippen molar-refractivity contribution in [2.75, 3.05) is 25.0 Å². The second kappa shape index (κ2) is 8.45. The number of amides is 2. The number of carbonyl (C=O) groups excluding carboxylic acids is 2. The highest BCUT2D eigenvalue weighted by Crippen LogP contribution is 2.38. The number of piperidine rings is 1. The van der Waals surface area contributed by atoms with Crippen LogP contribution in [-0.2, 0) is 9.59 Å². The van der Waals surface area contributed by atoms with Gasteiger partial charge in [0.15, 0.2) is 0 Å². The molecule has 11 heteroatoms. The molecule has 2 aliphatic rings. The van der Waals surface area contributed by atoms with Crippen LogP contribution in [-0.4, -0.2) is 58.9 Å². The van der Waals surface area contributed by atoms with Crippen LogP contribution in [0.2, 0.25) is 0 Å². The molecule has 36 heavy (non-hydrogen) atoms. The Hall–Kier alpha value is -3.70. The number of thiophene rings is 1. The molecule has 4 aromatic rings. The number of para-hydroxylation sites is 1. The van der Waals surface area contributed by atoms with Crippen LogP contribution in [0.3, 0.4) is 0 Å². The molecule has 0 bridgehead atoms. The third-order valence-electron chi connectivity index (χ3n) is 7.19. The Morgan fingerprint density at radius 1 is 1.06 bits per heavy atom. The van der Waals surface area contributed by atoms with E-state index in [1.807, 2.05) is 40.6 Å². The summed E-state index contributed by atoms with van der Waals surface area (Å²) in [6.07, 6.45) is -0.322. The van der Waals surface area contributed by atoms with Gasteiger partial charge in [0.05, 0.1) is 27.9 Å². The van der Waals surface area contributed by atoms with E-state index in [0.29, 0.717) is 41.2 Å². The first-order valence-electron chi connectivity index (χ1n) is 11.6. The van der Waals surface area contributed by atoms with Gasteiger partial charge in [-0.3, -0.25) is 14.9 Å². The van der Waals surface area contributed by atoms with Crippen LogP contribution in [0.1, 0.15) is 24.1 Å². The minimum atomic E-state index is -2.49. The summed E-state index contributed by atoms with van der Waals surface area (Å²) in [7, 11) is 1.56. The molecule has 8 nitrogen and oxygen atoms in total. The lowest BCUT2D eigenvalue weighted by Crippen LogP contribution is -2.57. The van der Waals surface area contributed by atoms with Gasteiger partial charge in [0.2, 0.25) is 5.95 Å². The zero-order valence-electron chi connectivity index (χ0n) is 19.3. The van der Waals surface area contributed by atoms with E-state index in [2.05, 4.69) is 20.6 Å². The van der Waals surface area contributed by atoms with E-state index in [1.165, 1.54) is 11.3 Å². The van der Waals surface area contributed by atoms with Crippen molar-refractivity contribution in [2.45, 2.75) is 24.8 Å². The normalized spacial score (nSPS) is 18.2. The van der Waals surface area contributed by atoms with Gasteiger partial charge >= 0.3 is 0 Å². The quantitative estimate of drug-likeness (QED) is 0.356. The van der Waals surface area contributed by atoms with Crippen LogP contribution in [0.15, 0.2) is 41.9 Å². The fourth-order valence-corrected chi connectivity index (χ4v) is 5.85. The van der Waals surface area contributed by atoms with Crippen LogP contribution >= 0.6 is 11.3 Å². The summed E-state index contributed by atoms with van der Waals surface area (Å²) in [5.41, 5.74) is 0.765. The lowest BCUT2D eigenvalue weighted by Gasteiger charge is -2.41. The number of alkyl halides is 2. The number of benzene rings is 1. The Balaban J connectivity index is 1.51. The number of aromatic nitrogens is 3. The average Bonchev–Trinajstić information content (AvgIpc) is 3.58. The predicted molar refractivity (Wildman–Crippen MR) is 135 cm³/mol. The summed E-state index contributed by atoms with van der Waals surface area (Å²) in [4.78, 5) is 41.5. The number of rotatable bonds is 5. The van der Waals surface area contributed by atoms with E-state index in [-0.39, 0.29) is 24.0 Å². The molecule has 5 heterocycles. The zero-order valence-corrected chi connectivity index (χ0v) is 20.1. The van der Waals surface area contributed by atoms with E-state index in [1.54, 1.807) is 13.2 Å². The molecule has 0 saturated carbocycles. The van der Waals surface area contributed by atoms with Crippen molar-refractivity contribution in [3.8, 4) is 0 Å². The molecule has 1 aromatic carbocycles. The zero-order chi connectivity index (χ0) is 25.0. The topological polar surface area (TPSA) is 103 Å². The summed E-state index contributed by atoms with van der Waals surface area (Å²) in [6, 6.07) is 9.18. The van der Waals surface area contributed by atoms with Gasteiger partial charge in [-0.15, -0.1) is 11.3 Å². The lowest BCUT2D eigenvalue weighted by atomic mass is 9.88. The van der Waals surface area contributed by atoms with Crippen molar-refractivity contribution >= 4 is 61.4 Å². The van der Waals surface area contributed by atoms with Crippen LogP contribution in [0, 0.1) is 0 Å². The van der Waals surface area contributed by atoms with E-state index in [0.717, 1.165) is 10.2 Å². The van der Waals surface area contributed by atoms with Gasteiger partial charge < -0.3 is 15.2 Å². The first-order chi connectivity index (χ1) is 17.4. The molecule has 6 rings (SSSR count). The number of halogens is 2. The summed E-state index contributed by atoms with van der Waals surface area (Å²) < 4.78 is 27.5. The predicted octanol–water partition coefficient (Wildman–Crippen LogP) is 3.56. The lowest BCUT2D eigenvalue weighted by molar-refractivity contribution is -0.122. The minimum Gasteiger partial charge on any atom is -0.352 e. The van der Waals surface area contributed by atoms with Gasteiger partial charge in [-0.2, -0.15) is 0 Å². The first kappa shape index (κ1) is 22.7. The van der Waals surface area contributed by atoms with Gasteiger partial charge in [0.25, 0.3) is 18.2 Å². The molecule has 3 N–H and O–H groups in total. The molecule has 0 aliphatic carbocycles. The third-order valence-corrected chi connectivity index (χ3v) is 8.03. The molecular formula is C25H22F2N6O2S. The van der Waals surface area contributed by atoms with Crippen LogP contribution < -0.4 is 15.5 Å². The van der Waals surface area contributed by atoms with Crippen molar-refractivity contribution in [3.63, 3.8) is 0 Å². The maximum atomic E-state index is 13.7. The summed E-state index contributed by atoms with van der Waals surface area (Å²) in [6.45, 7) is 0.653. The number of nitrogens with zero attached hydrogens (tertiary/aromatic N) is 3. The standard InChI is InChI=1S/C25H22F2N6O2S/c1-28-25(23(26)27)7-9-33(10-8-25)24-30-16-5-3-2-4-14(16)19(31-24)18-17(20(34)32-21(18)35)15-12-29-22-13(15)6-11-36-22/h2-6,11-12,23,28-29H,7-10H2,1H3,(H,32,34,35). The molecule has 184 valence electrons. The van der Waals surface area contributed by atoms with Crippen LogP contribution in [0.4, 0.5) is 14.7 Å². The molecular weight excluding hydrogens is 486 g/mol. The number of imide groups is 1. The third kappa shape index (κ3) is 3.41. The Morgan fingerprint density at radius 2 is 1.81 bits per heavy atom. The highest BCUT2D eigenvalue weighted by molar-refractivity contribution is 7.16. The average molecular weight is 509 g/mol. The fraction of sp³-hybridized carbons (Fsp3) is 0.280. The van der Waals surface area contributed by atoms with E-state index < -0.39 is 23.8 Å². The van der Waals surface area contributed by atoms with Crippen molar-refractivity contribution in [1.82, 2.24) is 25.6 Å². The number of hydrogen-bond acceptors (Lipinski definition) is 7.